The quantitative estimate of drug-likeness (QED) is 0.583. The van der Waals surface area contributed by atoms with Crippen LogP contribution in [0.4, 0.5) is 11.4 Å². The van der Waals surface area contributed by atoms with Gasteiger partial charge in [-0.05, 0) is 70.6 Å². The van der Waals surface area contributed by atoms with Crippen molar-refractivity contribution in [1.29, 1.82) is 0 Å². The smallest absolute Gasteiger partial charge is 0.255 e. The fraction of sp³-hybridized carbons (Fsp3) is 0.227. The van der Waals surface area contributed by atoms with Gasteiger partial charge in [0.15, 0.2) is 0 Å². The number of anilines is 2. The molecule has 0 aromatic heterocycles. The van der Waals surface area contributed by atoms with Crippen molar-refractivity contribution >= 4 is 45.0 Å². The fourth-order valence-electron chi connectivity index (χ4n) is 4.68. The number of nitrogens with zero attached hydrogens (tertiary/aromatic N) is 1. The first kappa shape index (κ1) is 17.4. The van der Waals surface area contributed by atoms with Gasteiger partial charge in [-0.15, -0.1) is 0 Å². The topological polar surface area (TPSA) is 66.5 Å². The summed E-state index contributed by atoms with van der Waals surface area (Å²) in [6, 6.07) is 14.0. The van der Waals surface area contributed by atoms with E-state index < -0.39 is 0 Å². The van der Waals surface area contributed by atoms with E-state index in [1.165, 1.54) is 4.90 Å². The van der Waals surface area contributed by atoms with Crippen LogP contribution in [-0.2, 0) is 9.59 Å². The number of hydrogen-bond acceptors (Lipinski definition) is 3. The molecule has 5 nitrogen and oxygen atoms in total. The van der Waals surface area contributed by atoms with Crippen molar-refractivity contribution in [3.05, 3.63) is 70.7 Å². The monoisotopic (exact) mass is 436 g/mol. The molecule has 140 valence electrons. The Morgan fingerprint density at radius 1 is 0.929 bits per heavy atom. The molecule has 1 aliphatic heterocycles. The Bertz CT molecular complexity index is 1000. The molecule has 0 radical (unpaired) electrons. The standard InChI is InChI=1S/C22H17BrN2O3/c23-16-3-1-2-4-17(16)24-20(26)12-7-9-15(10-8-12)25-21(27)18-13-5-6-14(11-13)19(18)22(25)28/h1-10,13-14,18-19H,11H2,(H,24,26)/t13-,14+,18-,19+. The predicted molar refractivity (Wildman–Crippen MR) is 109 cm³/mol. The molecule has 28 heavy (non-hydrogen) atoms. The van der Waals surface area contributed by atoms with Crippen molar-refractivity contribution in [2.24, 2.45) is 23.7 Å². The Labute approximate surface area is 170 Å². The van der Waals surface area contributed by atoms with Gasteiger partial charge in [0.25, 0.3) is 5.91 Å². The second-order valence-electron chi connectivity index (χ2n) is 7.49. The number of amides is 3. The molecule has 0 unspecified atom stereocenters. The van der Waals surface area contributed by atoms with E-state index in [-0.39, 0.29) is 41.4 Å². The summed E-state index contributed by atoms with van der Waals surface area (Å²) in [5.41, 5.74) is 1.67. The highest BCUT2D eigenvalue weighted by Gasteiger charge is 2.59. The number of allylic oxidation sites excluding steroid dienone is 2. The Kier molecular flexibility index (Phi) is 3.98. The highest BCUT2D eigenvalue weighted by molar-refractivity contribution is 9.10. The number of rotatable bonds is 3. The highest BCUT2D eigenvalue weighted by Crippen LogP contribution is 2.53. The average Bonchev–Trinajstić information content (AvgIpc) is 3.38. The maximum absolute atomic E-state index is 12.9. The van der Waals surface area contributed by atoms with E-state index >= 15 is 0 Å². The van der Waals surface area contributed by atoms with Crippen LogP contribution >= 0.6 is 15.9 Å². The van der Waals surface area contributed by atoms with E-state index in [1.807, 2.05) is 18.2 Å². The van der Waals surface area contributed by atoms with Crippen molar-refractivity contribution in [2.75, 3.05) is 10.2 Å². The third-order valence-corrected chi connectivity index (χ3v) is 6.67. The summed E-state index contributed by atoms with van der Waals surface area (Å²) in [5, 5.41) is 2.84. The largest absolute Gasteiger partial charge is 0.321 e. The number of imide groups is 1. The van der Waals surface area contributed by atoms with Gasteiger partial charge >= 0.3 is 0 Å². The summed E-state index contributed by atoms with van der Waals surface area (Å²) in [5.74, 6) is -0.551. The van der Waals surface area contributed by atoms with Gasteiger partial charge in [-0.25, -0.2) is 0 Å². The van der Waals surface area contributed by atoms with E-state index in [2.05, 4.69) is 33.4 Å². The van der Waals surface area contributed by atoms with E-state index in [9.17, 15) is 14.4 Å². The van der Waals surface area contributed by atoms with Gasteiger partial charge in [-0.1, -0.05) is 24.3 Å². The molecule has 1 saturated heterocycles. The van der Waals surface area contributed by atoms with Crippen LogP contribution in [0.25, 0.3) is 0 Å². The van der Waals surface area contributed by atoms with Gasteiger partial charge in [0.05, 0.1) is 23.2 Å². The van der Waals surface area contributed by atoms with Gasteiger partial charge in [-0.2, -0.15) is 0 Å². The zero-order valence-corrected chi connectivity index (χ0v) is 16.4. The molecule has 5 rings (SSSR count). The molecule has 2 aromatic carbocycles. The van der Waals surface area contributed by atoms with E-state index in [0.29, 0.717) is 16.9 Å². The second kappa shape index (κ2) is 6.41. The third-order valence-electron chi connectivity index (χ3n) is 5.98. The molecular formula is C22H17BrN2O3. The van der Waals surface area contributed by atoms with Gasteiger partial charge in [0.1, 0.15) is 0 Å². The van der Waals surface area contributed by atoms with Crippen LogP contribution in [0, 0.1) is 23.7 Å². The number of benzene rings is 2. The SMILES string of the molecule is O=C(Nc1ccccc1Br)c1ccc(N2C(=O)[C@@H]3[C@H](C2=O)[C@@H]2C=C[C@H]3C2)cc1. The number of hydrogen-bond donors (Lipinski definition) is 1. The van der Waals surface area contributed by atoms with E-state index in [0.717, 1.165) is 10.9 Å². The number of halogens is 1. The first-order valence-electron chi connectivity index (χ1n) is 9.26. The van der Waals surface area contributed by atoms with Crippen LogP contribution in [0.2, 0.25) is 0 Å². The maximum atomic E-state index is 12.9. The van der Waals surface area contributed by atoms with Crippen LogP contribution < -0.4 is 10.2 Å². The van der Waals surface area contributed by atoms with Crippen LogP contribution in [0.15, 0.2) is 65.2 Å². The lowest BCUT2D eigenvalue weighted by Crippen LogP contribution is -2.32. The fourth-order valence-corrected chi connectivity index (χ4v) is 5.06. The third kappa shape index (κ3) is 2.55. The van der Waals surface area contributed by atoms with Gasteiger partial charge < -0.3 is 5.32 Å². The molecule has 4 atom stereocenters. The summed E-state index contributed by atoms with van der Waals surface area (Å²) in [6.45, 7) is 0. The molecule has 1 N–H and O–H groups in total. The number of carbonyl (C=O) groups excluding carboxylic acids is 3. The average molecular weight is 437 g/mol. The summed E-state index contributed by atoms with van der Waals surface area (Å²) in [7, 11) is 0. The van der Waals surface area contributed by atoms with Crippen LogP contribution in [0.1, 0.15) is 16.8 Å². The summed E-state index contributed by atoms with van der Waals surface area (Å²) in [6.07, 6.45) is 5.07. The second-order valence-corrected chi connectivity index (χ2v) is 8.35. The van der Waals surface area contributed by atoms with Gasteiger partial charge in [0, 0.05) is 10.0 Å². The minimum Gasteiger partial charge on any atom is -0.321 e. The molecule has 2 aliphatic carbocycles. The lowest BCUT2D eigenvalue weighted by atomic mass is 9.85. The first-order valence-corrected chi connectivity index (χ1v) is 10.1. The summed E-state index contributed by atoms with van der Waals surface area (Å²) in [4.78, 5) is 39.5. The summed E-state index contributed by atoms with van der Waals surface area (Å²) < 4.78 is 0.794. The zero-order valence-electron chi connectivity index (χ0n) is 14.8. The lowest BCUT2D eigenvalue weighted by Gasteiger charge is -2.17. The van der Waals surface area contributed by atoms with E-state index in [1.54, 1.807) is 30.3 Å². The number of nitrogens with one attached hydrogen (secondary N) is 1. The van der Waals surface area contributed by atoms with Crippen molar-refractivity contribution in [2.45, 2.75) is 6.42 Å². The van der Waals surface area contributed by atoms with Gasteiger partial charge in [0.2, 0.25) is 11.8 Å². The van der Waals surface area contributed by atoms with Crippen molar-refractivity contribution < 1.29 is 14.4 Å². The van der Waals surface area contributed by atoms with Crippen LogP contribution in [0.5, 0.6) is 0 Å². The van der Waals surface area contributed by atoms with Crippen LogP contribution in [-0.4, -0.2) is 17.7 Å². The van der Waals surface area contributed by atoms with Gasteiger partial charge in [-0.3, -0.25) is 19.3 Å². The minimum atomic E-state index is -0.253. The predicted octanol–water partition coefficient (Wildman–Crippen LogP) is 4.01. The Morgan fingerprint density at radius 2 is 1.54 bits per heavy atom. The van der Waals surface area contributed by atoms with Crippen molar-refractivity contribution in [3.8, 4) is 0 Å². The van der Waals surface area contributed by atoms with Crippen molar-refractivity contribution in [1.82, 2.24) is 0 Å². The molecule has 1 heterocycles. The molecule has 0 spiro atoms. The van der Waals surface area contributed by atoms with Crippen LogP contribution in [0.3, 0.4) is 0 Å². The highest BCUT2D eigenvalue weighted by atomic mass is 79.9. The Morgan fingerprint density at radius 3 is 2.14 bits per heavy atom. The molecule has 1 saturated carbocycles. The molecule has 2 fully saturated rings. The molecule has 3 aliphatic rings. The Hall–Kier alpha value is -2.73. The zero-order chi connectivity index (χ0) is 19.4. The molecule has 2 aromatic rings. The molecule has 2 bridgehead atoms. The summed E-state index contributed by atoms with van der Waals surface area (Å²) >= 11 is 3.40. The lowest BCUT2D eigenvalue weighted by molar-refractivity contribution is -0.123. The number of fused-ring (bicyclic) bond motifs is 5. The molecule has 6 heteroatoms. The number of carbonyl (C=O) groups is 3. The normalized spacial score (nSPS) is 27.4. The minimum absolute atomic E-state index is 0.114. The number of para-hydroxylation sites is 1. The van der Waals surface area contributed by atoms with E-state index in [4.69, 9.17) is 0 Å². The molecule has 3 amide bonds. The molecular weight excluding hydrogens is 420 g/mol. The Balaban J connectivity index is 1.36. The van der Waals surface area contributed by atoms with Crippen molar-refractivity contribution in [3.63, 3.8) is 0 Å². The first-order chi connectivity index (χ1) is 13.5. The maximum Gasteiger partial charge on any atom is 0.255 e.